The number of carboxylic acids is 1. The predicted molar refractivity (Wildman–Crippen MR) is 45.3 cm³/mol. The summed E-state index contributed by atoms with van der Waals surface area (Å²) in [6.07, 6.45) is 7.92. The molecule has 0 atom stereocenters. The number of aliphatic carboxylic acids is 1. The second-order valence-electron chi connectivity index (χ2n) is 3.54. The van der Waals surface area contributed by atoms with Crippen molar-refractivity contribution < 1.29 is 9.90 Å². The van der Waals surface area contributed by atoms with Gasteiger partial charge in [0.2, 0.25) is 0 Å². The monoisotopic (exact) mass is 167 g/mol. The molecule has 0 heterocycles. The number of hydrogen-bond donors (Lipinski definition) is 0. The van der Waals surface area contributed by atoms with E-state index in [-0.39, 0.29) is 0 Å². The van der Waals surface area contributed by atoms with Gasteiger partial charge in [-0.15, -0.1) is 0 Å². The minimum Gasteiger partial charge on any atom is -0.545 e. The first-order valence-electron chi connectivity index (χ1n) is 4.60. The lowest BCUT2D eigenvalue weighted by Crippen LogP contribution is -2.23. The molecule has 1 saturated carbocycles. The molecular weight excluding hydrogens is 152 g/mol. The first kappa shape index (κ1) is 9.30. The Labute approximate surface area is 73.3 Å². The van der Waals surface area contributed by atoms with Crippen LogP contribution in [0.5, 0.6) is 0 Å². The molecule has 0 N–H and O–H groups in total. The van der Waals surface area contributed by atoms with Gasteiger partial charge in [-0.3, -0.25) is 0 Å². The quantitative estimate of drug-likeness (QED) is 0.581. The first-order valence-corrected chi connectivity index (χ1v) is 4.60. The highest BCUT2D eigenvalue weighted by molar-refractivity contribution is 5.83. The molecule has 0 aromatic rings. The van der Waals surface area contributed by atoms with E-state index >= 15 is 0 Å². The molecule has 0 unspecified atom stereocenters. The first-order chi connectivity index (χ1) is 5.70. The van der Waals surface area contributed by atoms with Crippen molar-refractivity contribution in [3.05, 3.63) is 11.6 Å². The van der Waals surface area contributed by atoms with E-state index in [0.717, 1.165) is 12.8 Å². The van der Waals surface area contributed by atoms with Gasteiger partial charge in [-0.25, -0.2) is 0 Å². The Hall–Kier alpha value is -0.790. The van der Waals surface area contributed by atoms with Gasteiger partial charge in [0.05, 0.1) is 5.97 Å². The molecule has 1 aliphatic rings. The number of carbonyl (C=O) groups is 1. The fourth-order valence-electron chi connectivity index (χ4n) is 1.72. The van der Waals surface area contributed by atoms with Crippen molar-refractivity contribution in [2.24, 2.45) is 5.92 Å². The van der Waals surface area contributed by atoms with Crippen LogP contribution in [0.2, 0.25) is 0 Å². The molecule has 0 aromatic carbocycles. The smallest absolute Gasteiger partial charge is 0.0668 e. The fraction of sp³-hybridized carbons (Fsp3) is 0.700. The van der Waals surface area contributed by atoms with Crippen LogP contribution in [0.25, 0.3) is 0 Å². The van der Waals surface area contributed by atoms with Crippen LogP contribution in [0.3, 0.4) is 0 Å². The number of carboxylic acid groups (broad SMARTS) is 1. The molecule has 12 heavy (non-hydrogen) atoms. The molecule has 2 nitrogen and oxygen atoms in total. The Balaban J connectivity index is 2.47. The molecule has 0 amide bonds. The van der Waals surface area contributed by atoms with E-state index in [4.69, 9.17) is 0 Å². The Morgan fingerprint density at radius 3 is 2.42 bits per heavy atom. The van der Waals surface area contributed by atoms with Crippen molar-refractivity contribution in [1.29, 1.82) is 0 Å². The number of carbonyl (C=O) groups excluding carboxylic acids is 1. The third-order valence-corrected chi connectivity index (χ3v) is 2.46. The maximum atomic E-state index is 10.4. The zero-order valence-electron chi connectivity index (χ0n) is 7.51. The third-order valence-electron chi connectivity index (χ3n) is 2.46. The summed E-state index contributed by atoms with van der Waals surface area (Å²) in [5.41, 5.74) is 0.391. The van der Waals surface area contributed by atoms with Crippen molar-refractivity contribution in [2.45, 2.75) is 39.0 Å². The van der Waals surface area contributed by atoms with Crippen molar-refractivity contribution in [1.82, 2.24) is 0 Å². The lowest BCUT2D eigenvalue weighted by Gasteiger charge is -2.19. The maximum Gasteiger partial charge on any atom is 0.0668 e. The SMILES string of the molecule is C/C(=C\C1CCCCC1)C(=O)[O-]. The van der Waals surface area contributed by atoms with Crippen LogP contribution in [0.15, 0.2) is 11.6 Å². The normalized spacial score (nSPS) is 20.9. The van der Waals surface area contributed by atoms with E-state index in [1.54, 1.807) is 6.92 Å². The van der Waals surface area contributed by atoms with Gasteiger partial charge in [-0.2, -0.15) is 0 Å². The van der Waals surface area contributed by atoms with Crippen molar-refractivity contribution >= 4 is 5.97 Å². The van der Waals surface area contributed by atoms with Gasteiger partial charge in [0.25, 0.3) is 0 Å². The van der Waals surface area contributed by atoms with E-state index in [1.165, 1.54) is 19.3 Å². The molecule has 68 valence electrons. The molecule has 1 aliphatic carbocycles. The zero-order valence-corrected chi connectivity index (χ0v) is 7.51. The number of allylic oxidation sites excluding steroid dienone is 1. The Morgan fingerprint density at radius 2 is 1.92 bits per heavy atom. The van der Waals surface area contributed by atoms with Gasteiger partial charge in [0.1, 0.15) is 0 Å². The van der Waals surface area contributed by atoms with Gasteiger partial charge >= 0.3 is 0 Å². The van der Waals surface area contributed by atoms with Crippen molar-refractivity contribution in [3.63, 3.8) is 0 Å². The molecule has 0 radical (unpaired) electrons. The Kier molecular flexibility index (Phi) is 3.32. The van der Waals surface area contributed by atoms with E-state index in [1.807, 2.05) is 6.08 Å². The third kappa shape index (κ3) is 2.68. The van der Waals surface area contributed by atoms with Crippen LogP contribution in [-0.4, -0.2) is 5.97 Å². The average Bonchev–Trinajstić information content (AvgIpc) is 2.06. The molecule has 0 saturated heterocycles. The predicted octanol–water partition coefficient (Wildman–Crippen LogP) is 1.26. The van der Waals surface area contributed by atoms with E-state index < -0.39 is 5.97 Å². The summed E-state index contributed by atoms with van der Waals surface area (Å²) in [4.78, 5) is 10.4. The Bertz CT molecular complexity index is 188. The minimum absolute atomic E-state index is 0.391. The lowest BCUT2D eigenvalue weighted by atomic mass is 9.88. The highest BCUT2D eigenvalue weighted by Crippen LogP contribution is 2.25. The van der Waals surface area contributed by atoms with E-state index in [2.05, 4.69) is 0 Å². The largest absolute Gasteiger partial charge is 0.545 e. The van der Waals surface area contributed by atoms with Crippen molar-refractivity contribution in [2.75, 3.05) is 0 Å². The summed E-state index contributed by atoms with van der Waals surface area (Å²) in [5, 5.41) is 10.4. The van der Waals surface area contributed by atoms with Crippen LogP contribution < -0.4 is 5.11 Å². The standard InChI is InChI=1S/C10H16O2/c1-8(10(11)12)7-9-5-3-2-4-6-9/h7,9H,2-6H2,1H3,(H,11,12)/p-1/b8-7+. The molecule has 1 fully saturated rings. The topological polar surface area (TPSA) is 40.1 Å². The van der Waals surface area contributed by atoms with Crippen LogP contribution in [0.1, 0.15) is 39.0 Å². The van der Waals surface area contributed by atoms with Gasteiger partial charge in [-0.1, -0.05) is 25.3 Å². The van der Waals surface area contributed by atoms with Gasteiger partial charge in [0.15, 0.2) is 0 Å². The molecule has 0 aliphatic heterocycles. The second-order valence-corrected chi connectivity index (χ2v) is 3.54. The highest BCUT2D eigenvalue weighted by Gasteiger charge is 2.10. The van der Waals surface area contributed by atoms with Crippen LogP contribution >= 0.6 is 0 Å². The van der Waals surface area contributed by atoms with E-state index in [9.17, 15) is 9.90 Å². The zero-order chi connectivity index (χ0) is 8.97. The second kappa shape index (κ2) is 4.29. The van der Waals surface area contributed by atoms with Crippen molar-refractivity contribution in [3.8, 4) is 0 Å². The number of rotatable bonds is 2. The van der Waals surface area contributed by atoms with E-state index in [0.29, 0.717) is 11.5 Å². The van der Waals surface area contributed by atoms with Crippen LogP contribution in [0.4, 0.5) is 0 Å². The lowest BCUT2D eigenvalue weighted by molar-refractivity contribution is -0.299. The summed E-state index contributed by atoms with van der Waals surface area (Å²) in [7, 11) is 0. The molecular formula is C10H15O2-. The summed E-state index contributed by atoms with van der Waals surface area (Å²) >= 11 is 0. The summed E-state index contributed by atoms with van der Waals surface area (Å²) < 4.78 is 0. The number of hydrogen-bond acceptors (Lipinski definition) is 2. The maximum absolute atomic E-state index is 10.4. The van der Waals surface area contributed by atoms with Crippen LogP contribution in [-0.2, 0) is 4.79 Å². The van der Waals surface area contributed by atoms with Crippen LogP contribution in [0, 0.1) is 5.92 Å². The Morgan fingerprint density at radius 1 is 1.33 bits per heavy atom. The van der Waals surface area contributed by atoms with Gasteiger partial charge in [0, 0.05) is 0 Å². The molecule has 0 aromatic heterocycles. The molecule has 2 heteroatoms. The fourth-order valence-corrected chi connectivity index (χ4v) is 1.72. The highest BCUT2D eigenvalue weighted by atomic mass is 16.4. The summed E-state index contributed by atoms with van der Waals surface area (Å²) in [5.74, 6) is -0.544. The minimum atomic E-state index is -1.03. The average molecular weight is 167 g/mol. The van der Waals surface area contributed by atoms with Gasteiger partial charge in [-0.05, 0) is 31.3 Å². The molecule has 1 rings (SSSR count). The molecule has 0 spiro atoms. The summed E-state index contributed by atoms with van der Waals surface area (Å²) in [6.45, 7) is 1.62. The summed E-state index contributed by atoms with van der Waals surface area (Å²) in [6, 6.07) is 0. The molecule has 0 bridgehead atoms. The van der Waals surface area contributed by atoms with Gasteiger partial charge < -0.3 is 9.90 Å².